The molecule has 2 rings (SSSR count). The molecule has 0 radical (unpaired) electrons. The Kier molecular flexibility index (Phi) is 5.34. The largest absolute Gasteiger partial charge is 0.491 e. The van der Waals surface area contributed by atoms with Gasteiger partial charge in [0.1, 0.15) is 11.6 Å². The maximum Gasteiger partial charge on any atom is 0.126 e. The van der Waals surface area contributed by atoms with E-state index in [-0.39, 0.29) is 17.8 Å². The summed E-state index contributed by atoms with van der Waals surface area (Å²) in [4.78, 5) is 0. The van der Waals surface area contributed by atoms with Gasteiger partial charge in [-0.1, -0.05) is 30.3 Å². The topological polar surface area (TPSA) is 35.2 Å². The molecule has 112 valence electrons. The number of nitrogens with two attached hydrogens (primary N) is 1. The van der Waals surface area contributed by atoms with Crippen LogP contribution in [0.1, 0.15) is 30.9 Å². The van der Waals surface area contributed by atoms with Gasteiger partial charge in [-0.25, -0.2) is 4.39 Å². The SMILES string of the molecule is CC(C)Oc1cccc(CC(CN)c2ccccc2F)c1. The molecule has 1 atom stereocenters. The quantitative estimate of drug-likeness (QED) is 0.874. The average molecular weight is 287 g/mol. The van der Waals surface area contributed by atoms with Crippen LogP contribution in [-0.2, 0) is 6.42 Å². The first-order valence-electron chi connectivity index (χ1n) is 7.30. The van der Waals surface area contributed by atoms with Crippen molar-refractivity contribution >= 4 is 0 Å². The third kappa shape index (κ3) is 4.30. The summed E-state index contributed by atoms with van der Waals surface area (Å²) in [6.07, 6.45) is 0.837. The van der Waals surface area contributed by atoms with E-state index in [0.717, 1.165) is 11.3 Å². The molecule has 0 amide bonds. The minimum absolute atomic E-state index is 0.0273. The summed E-state index contributed by atoms with van der Waals surface area (Å²) in [6, 6.07) is 14.8. The first-order chi connectivity index (χ1) is 10.1. The summed E-state index contributed by atoms with van der Waals surface area (Å²) in [7, 11) is 0. The normalized spacial score (nSPS) is 12.4. The zero-order chi connectivity index (χ0) is 15.2. The molecule has 2 nitrogen and oxygen atoms in total. The molecule has 2 aromatic rings. The first-order valence-corrected chi connectivity index (χ1v) is 7.30. The van der Waals surface area contributed by atoms with Crippen molar-refractivity contribution in [2.75, 3.05) is 6.54 Å². The monoisotopic (exact) mass is 287 g/mol. The van der Waals surface area contributed by atoms with E-state index in [2.05, 4.69) is 0 Å². The van der Waals surface area contributed by atoms with E-state index in [1.54, 1.807) is 12.1 Å². The smallest absolute Gasteiger partial charge is 0.126 e. The van der Waals surface area contributed by atoms with Crippen LogP contribution in [0.2, 0.25) is 0 Å². The highest BCUT2D eigenvalue weighted by atomic mass is 19.1. The van der Waals surface area contributed by atoms with Crippen LogP contribution in [0.3, 0.4) is 0 Å². The van der Waals surface area contributed by atoms with E-state index in [9.17, 15) is 4.39 Å². The fourth-order valence-electron chi connectivity index (χ4n) is 2.43. The van der Waals surface area contributed by atoms with Crippen LogP contribution in [-0.4, -0.2) is 12.6 Å². The summed E-state index contributed by atoms with van der Waals surface area (Å²) in [6.45, 7) is 4.40. The Morgan fingerprint density at radius 2 is 1.86 bits per heavy atom. The third-order valence-electron chi connectivity index (χ3n) is 3.38. The molecule has 0 saturated heterocycles. The van der Waals surface area contributed by atoms with Crippen molar-refractivity contribution in [1.82, 2.24) is 0 Å². The molecule has 21 heavy (non-hydrogen) atoms. The van der Waals surface area contributed by atoms with Crippen molar-refractivity contribution in [3.63, 3.8) is 0 Å². The Morgan fingerprint density at radius 3 is 2.52 bits per heavy atom. The second-order valence-corrected chi connectivity index (χ2v) is 5.47. The van der Waals surface area contributed by atoms with E-state index in [0.29, 0.717) is 18.5 Å². The zero-order valence-electron chi connectivity index (χ0n) is 12.6. The lowest BCUT2D eigenvalue weighted by Gasteiger charge is -2.17. The van der Waals surface area contributed by atoms with Crippen LogP contribution in [0, 0.1) is 5.82 Å². The highest BCUT2D eigenvalue weighted by Gasteiger charge is 2.15. The minimum Gasteiger partial charge on any atom is -0.491 e. The molecule has 2 N–H and O–H groups in total. The lowest BCUT2D eigenvalue weighted by Crippen LogP contribution is -2.16. The molecule has 2 aromatic carbocycles. The summed E-state index contributed by atoms with van der Waals surface area (Å²) < 4.78 is 19.6. The number of halogens is 1. The number of rotatable bonds is 6. The average Bonchev–Trinajstić information content (AvgIpc) is 2.45. The second-order valence-electron chi connectivity index (χ2n) is 5.47. The lowest BCUT2D eigenvalue weighted by molar-refractivity contribution is 0.242. The van der Waals surface area contributed by atoms with Crippen molar-refractivity contribution in [3.05, 3.63) is 65.5 Å². The third-order valence-corrected chi connectivity index (χ3v) is 3.38. The molecule has 0 spiro atoms. The molecule has 0 bridgehead atoms. The highest BCUT2D eigenvalue weighted by molar-refractivity contribution is 5.31. The Balaban J connectivity index is 2.17. The van der Waals surface area contributed by atoms with Crippen molar-refractivity contribution in [2.45, 2.75) is 32.3 Å². The zero-order valence-corrected chi connectivity index (χ0v) is 12.6. The van der Waals surface area contributed by atoms with E-state index in [1.165, 1.54) is 6.07 Å². The molecule has 0 aliphatic carbocycles. The van der Waals surface area contributed by atoms with Gasteiger partial charge in [0.25, 0.3) is 0 Å². The van der Waals surface area contributed by atoms with Gasteiger partial charge in [-0.2, -0.15) is 0 Å². The van der Waals surface area contributed by atoms with E-state index in [4.69, 9.17) is 10.5 Å². The lowest BCUT2D eigenvalue weighted by atomic mass is 9.91. The predicted octanol–water partition coefficient (Wildman–Crippen LogP) is 3.90. The second kappa shape index (κ2) is 7.23. The summed E-state index contributed by atoms with van der Waals surface area (Å²) in [5, 5.41) is 0. The van der Waals surface area contributed by atoms with Gasteiger partial charge in [0.2, 0.25) is 0 Å². The predicted molar refractivity (Wildman–Crippen MR) is 84.1 cm³/mol. The Morgan fingerprint density at radius 1 is 1.10 bits per heavy atom. The van der Waals surface area contributed by atoms with Gasteiger partial charge in [-0.05, 0) is 56.1 Å². The van der Waals surface area contributed by atoms with Gasteiger partial charge in [-0.3, -0.25) is 0 Å². The van der Waals surface area contributed by atoms with Crippen LogP contribution in [0.4, 0.5) is 4.39 Å². The van der Waals surface area contributed by atoms with Crippen LogP contribution in [0.25, 0.3) is 0 Å². The van der Waals surface area contributed by atoms with Crippen molar-refractivity contribution in [1.29, 1.82) is 0 Å². The number of benzene rings is 2. The van der Waals surface area contributed by atoms with Crippen molar-refractivity contribution in [2.24, 2.45) is 5.73 Å². The van der Waals surface area contributed by atoms with Crippen LogP contribution in [0.5, 0.6) is 5.75 Å². The standard InChI is InChI=1S/C18H22FNO/c1-13(2)21-16-7-5-6-14(11-16)10-15(12-20)17-8-3-4-9-18(17)19/h3-9,11,13,15H,10,12,20H2,1-2H3. The first kappa shape index (κ1) is 15.5. The van der Waals surface area contributed by atoms with E-state index < -0.39 is 0 Å². The van der Waals surface area contributed by atoms with Gasteiger partial charge in [0.05, 0.1) is 6.10 Å². The van der Waals surface area contributed by atoms with Gasteiger partial charge in [0, 0.05) is 5.92 Å². The van der Waals surface area contributed by atoms with Gasteiger partial charge < -0.3 is 10.5 Å². The minimum atomic E-state index is -0.192. The molecule has 0 heterocycles. The maximum absolute atomic E-state index is 13.9. The van der Waals surface area contributed by atoms with Crippen LogP contribution < -0.4 is 10.5 Å². The molecule has 1 unspecified atom stereocenters. The number of hydrogen-bond donors (Lipinski definition) is 1. The number of hydrogen-bond acceptors (Lipinski definition) is 2. The van der Waals surface area contributed by atoms with Gasteiger partial charge >= 0.3 is 0 Å². The fourth-order valence-corrected chi connectivity index (χ4v) is 2.43. The summed E-state index contributed by atoms with van der Waals surface area (Å²) in [5.74, 6) is 0.620. The van der Waals surface area contributed by atoms with E-state index >= 15 is 0 Å². The van der Waals surface area contributed by atoms with Gasteiger partial charge in [0.15, 0.2) is 0 Å². The van der Waals surface area contributed by atoms with Gasteiger partial charge in [-0.15, -0.1) is 0 Å². The van der Waals surface area contributed by atoms with E-state index in [1.807, 2.05) is 44.2 Å². The molecule has 3 heteroatoms. The summed E-state index contributed by atoms with van der Waals surface area (Å²) >= 11 is 0. The molecule has 0 fully saturated rings. The molecule has 0 aliphatic heterocycles. The fraction of sp³-hybridized carbons (Fsp3) is 0.333. The Hall–Kier alpha value is -1.87. The van der Waals surface area contributed by atoms with Crippen molar-refractivity contribution < 1.29 is 9.13 Å². The highest BCUT2D eigenvalue weighted by Crippen LogP contribution is 2.24. The number of ether oxygens (including phenoxy) is 1. The molecule has 0 saturated carbocycles. The van der Waals surface area contributed by atoms with Crippen LogP contribution in [0.15, 0.2) is 48.5 Å². The molecule has 0 aliphatic rings. The van der Waals surface area contributed by atoms with Crippen molar-refractivity contribution in [3.8, 4) is 5.75 Å². The Bertz CT molecular complexity index is 583. The molecular weight excluding hydrogens is 265 g/mol. The van der Waals surface area contributed by atoms with Crippen LogP contribution >= 0.6 is 0 Å². The summed E-state index contributed by atoms with van der Waals surface area (Å²) in [5.41, 5.74) is 7.62. The maximum atomic E-state index is 13.9. The molecular formula is C18H22FNO. The molecule has 0 aromatic heterocycles. The Labute approximate surface area is 125 Å².